The van der Waals surface area contributed by atoms with Crippen molar-refractivity contribution >= 4 is 11.5 Å². The Labute approximate surface area is 116 Å². The lowest BCUT2D eigenvalue weighted by molar-refractivity contribution is -0.385. The zero-order chi connectivity index (χ0) is 14.4. The van der Waals surface area contributed by atoms with E-state index in [1.165, 1.54) is 6.33 Å². The van der Waals surface area contributed by atoms with E-state index in [2.05, 4.69) is 20.3 Å². The Kier molecular flexibility index (Phi) is 4.54. The molecule has 0 fully saturated rings. The van der Waals surface area contributed by atoms with Gasteiger partial charge in [-0.2, -0.15) is 0 Å². The quantitative estimate of drug-likeness (QED) is 0.640. The fourth-order valence-corrected chi connectivity index (χ4v) is 1.78. The van der Waals surface area contributed by atoms with Crippen LogP contribution in [0.5, 0.6) is 0 Å². The summed E-state index contributed by atoms with van der Waals surface area (Å²) in [7, 11) is 0. The summed E-state index contributed by atoms with van der Waals surface area (Å²) in [5.41, 5.74) is 1.02. The second-order valence-corrected chi connectivity index (χ2v) is 4.20. The normalized spacial score (nSPS) is 10.2. The summed E-state index contributed by atoms with van der Waals surface area (Å²) in [5.74, 6) is 0.262. The third-order valence-electron chi connectivity index (χ3n) is 2.70. The molecule has 2 rings (SSSR count). The van der Waals surface area contributed by atoms with E-state index in [9.17, 15) is 10.1 Å². The first-order valence-electron chi connectivity index (χ1n) is 6.34. The van der Waals surface area contributed by atoms with Crippen LogP contribution in [-0.4, -0.2) is 26.4 Å². The molecule has 20 heavy (non-hydrogen) atoms. The first-order valence-corrected chi connectivity index (χ1v) is 6.34. The van der Waals surface area contributed by atoms with Crippen molar-refractivity contribution in [3.8, 4) is 0 Å². The minimum atomic E-state index is -0.448. The summed E-state index contributed by atoms with van der Waals surface area (Å²) in [6.45, 7) is 2.61. The fourth-order valence-electron chi connectivity index (χ4n) is 1.78. The molecule has 0 saturated heterocycles. The van der Waals surface area contributed by atoms with Crippen LogP contribution in [0.2, 0.25) is 0 Å². The molecule has 2 heterocycles. The first-order chi connectivity index (χ1) is 9.72. The molecule has 2 aromatic heterocycles. The maximum atomic E-state index is 11.3. The Bertz CT molecular complexity index is 589. The van der Waals surface area contributed by atoms with E-state index in [1.807, 2.05) is 19.1 Å². The molecule has 1 N–H and O–H groups in total. The van der Waals surface area contributed by atoms with Crippen LogP contribution in [0.15, 0.2) is 30.7 Å². The van der Waals surface area contributed by atoms with E-state index >= 15 is 0 Å². The summed E-state index contributed by atoms with van der Waals surface area (Å²) >= 11 is 0. The molecule has 2 aromatic rings. The van der Waals surface area contributed by atoms with E-state index in [0.29, 0.717) is 18.7 Å². The fraction of sp³-hybridized carbons (Fsp3) is 0.308. The molecule has 7 heteroatoms. The number of pyridine rings is 1. The van der Waals surface area contributed by atoms with Crippen molar-refractivity contribution in [1.82, 2.24) is 15.0 Å². The molecule has 0 aliphatic rings. The summed E-state index contributed by atoms with van der Waals surface area (Å²) < 4.78 is 0. The Morgan fingerprint density at radius 3 is 2.80 bits per heavy atom. The molecule has 104 valence electrons. The van der Waals surface area contributed by atoms with Gasteiger partial charge >= 0.3 is 5.69 Å². The molecule has 0 radical (unpaired) electrons. The van der Waals surface area contributed by atoms with Crippen LogP contribution in [0.3, 0.4) is 0 Å². The SMILES string of the molecule is CCCNc1ncnc(Cc2ccccn2)c1[N+](=O)[O-]. The largest absolute Gasteiger partial charge is 0.364 e. The predicted octanol–water partition coefficient (Wildman–Crippen LogP) is 2.19. The van der Waals surface area contributed by atoms with Gasteiger partial charge in [-0.3, -0.25) is 15.1 Å². The second-order valence-electron chi connectivity index (χ2n) is 4.20. The Morgan fingerprint density at radius 2 is 2.15 bits per heavy atom. The summed E-state index contributed by atoms with van der Waals surface area (Å²) in [6, 6.07) is 5.45. The number of rotatable bonds is 6. The second kappa shape index (κ2) is 6.55. The number of hydrogen-bond acceptors (Lipinski definition) is 6. The van der Waals surface area contributed by atoms with Crippen LogP contribution in [0.4, 0.5) is 11.5 Å². The van der Waals surface area contributed by atoms with Crippen molar-refractivity contribution in [3.63, 3.8) is 0 Å². The standard InChI is InChI=1S/C13H15N5O2/c1-2-6-15-13-12(18(19)20)11(16-9-17-13)8-10-5-3-4-7-14-10/h3-5,7,9H,2,6,8H2,1H3,(H,15,16,17). The number of aromatic nitrogens is 3. The average molecular weight is 273 g/mol. The number of hydrogen-bond donors (Lipinski definition) is 1. The van der Waals surface area contributed by atoms with Crippen LogP contribution in [0.1, 0.15) is 24.7 Å². The number of nitrogens with one attached hydrogen (secondary N) is 1. The van der Waals surface area contributed by atoms with Gasteiger partial charge in [0.05, 0.1) is 4.92 Å². The van der Waals surface area contributed by atoms with Crippen LogP contribution in [-0.2, 0) is 6.42 Å². The van der Waals surface area contributed by atoms with Crippen LogP contribution in [0.25, 0.3) is 0 Å². The average Bonchev–Trinajstić information content (AvgIpc) is 2.46. The van der Waals surface area contributed by atoms with Crippen molar-refractivity contribution < 1.29 is 4.92 Å². The highest BCUT2D eigenvalue weighted by molar-refractivity contribution is 5.58. The molecule has 0 amide bonds. The van der Waals surface area contributed by atoms with E-state index in [-0.39, 0.29) is 11.5 Å². The van der Waals surface area contributed by atoms with E-state index < -0.39 is 4.92 Å². The zero-order valence-electron chi connectivity index (χ0n) is 11.1. The molecular weight excluding hydrogens is 258 g/mol. The minimum Gasteiger partial charge on any atom is -0.364 e. The van der Waals surface area contributed by atoms with Gasteiger partial charge in [0.15, 0.2) is 0 Å². The lowest BCUT2D eigenvalue weighted by Crippen LogP contribution is -2.09. The third kappa shape index (κ3) is 3.25. The van der Waals surface area contributed by atoms with E-state index in [0.717, 1.165) is 12.1 Å². The third-order valence-corrected chi connectivity index (χ3v) is 2.70. The first kappa shape index (κ1) is 13.9. The van der Waals surface area contributed by atoms with Crippen molar-refractivity contribution in [3.05, 3.63) is 52.2 Å². The molecule has 0 unspecified atom stereocenters. The topological polar surface area (TPSA) is 93.8 Å². The van der Waals surface area contributed by atoms with Gasteiger partial charge in [-0.25, -0.2) is 9.97 Å². The number of anilines is 1. The molecular formula is C13H15N5O2. The molecule has 0 aromatic carbocycles. The Balaban J connectivity index is 2.34. The van der Waals surface area contributed by atoms with Gasteiger partial charge in [0, 0.05) is 24.9 Å². The monoisotopic (exact) mass is 273 g/mol. The van der Waals surface area contributed by atoms with Gasteiger partial charge in [0.1, 0.15) is 12.0 Å². The Hall–Kier alpha value is -2.57. The number of nitrogens with zero attached hydrogens (tertiary/aromatic N) is 4. The van der Waals surface area contributed by atoms with Crippen LogP contribution >= 0.6 is 0 Å². The summed E-state index contributed by atoms with van der Waals surface area (Å²) in [6.07, 6.45) is 4.15. The maximum absolute atomic E-state index is 11.3. The molecule has 7 nitrogen and oxygen atoms in total. The lowest BCUT2D eigenvalue weighted by atomic mass is 10.2. The van der Waals surface area contributed by atoms with Crippen molar-refractivity contribution in [2.24, 2.45) is 0 Å². The molecule has 0 saturated carbocycles. The molecule has 0 atom stereocenters. The van der Waals surface area contributed by atoms with Gasteiger partial charge in [-0.15, -0.1) is 0 Å². The van der Waals surface area contributed by atoms with Crippen LogP contribution < -0.4 is 5.32 Å². The minimum absolute atomic E-state index is 0.0772. The summed E-state index contributed by atoms with van der Waals surface area (Å²) in [4.78, 5) is 23.0. The van der Waals surface area contributed by atoms with Crippen molar-refractivity contribution in [2.75, 3.05) is 11.9 Å². The maximum Gasteiger partial charge on any atom is 0.333 e. The molecule has 0 bridgehead atoms. The Morgan fingerprint density at radius 1 is 1.30 bits per heavy atom. The van der Waals surface area contributed by atoms with Crippen LogP contribution in [0, 0.1) is 10.1 Å². The molecule has 0 aliphatic heterocycles. The van der Waals surface area contributed by atoms with Gasteiger partial charge < -0.3 is 5.32 Å². The van der Waals surface area contributed by atoms with Gasteiger partial charge in [-0.1, -0.05) is 13.0 Å². The van der Waals surface area contributed by atoms with E-state index in [4.69, 9.17) is 0 Å². The summed E-state index contributed by atoms with van der Waals surface area (Å²) in [5, 5.41) is 14.2. The molecule has 0 aliphatic carbocycles. The van der Waals surface area contributed by atoms with E-state index in [1.54, 1.807) is 12.3 Å². The van der Waals surface area contributed by atoms with Gasteiger partial charge in [0.2, 0.25) is 5.82 Å². The zero-order valence-corrected chi connectivity index (χ0v) is 11.1. The molecule has 0 spiro atoms. The lowest BCUT2D eigenvalue weighted by Gasteiger charge is -2.07. The van der Waals surface area contributed by atoms with Gasteiger partial charge in [-0.05, 0) is 18.6 Å². The number of nitro groups is 1. The highest BCUT2D eigenvalue weighted by atomic mass is 16.6. The highest BCUT2D eigenvalue weighted by Crippen LogP contribution is 2.26. The highest BCUT2D eigenvalue weighted by Gasteiger charge is 2.22. The smallest absolute Gasteiger partial charge is 0.333 e. The van der Waals surface area contributed by atoms with Gasteiger partial charge in [0.25, 0.3) is 0 Å². The van der Waals surface area contributed by atoms with Crippen molar-refractivity contribution in [1.29, 1.82) is 0 Å². The predicted molar refractivity (Wildman–Crippen MR) is 74.5 cm³/mol. The van der Waals surface area contributed by atoms with Crippen molar-refractivity contribution in [2.45, 2.75) is 19.8 Å².